The lowest BCUT2D eigenvalue weighted by Gasteiger charge is -2.37. The van der Waals surface area contributed by atoms with Gasteiger partial charge in [0.2, 0.25) is 0 Å². The van der Waals surface area contributed by atoms with Crippen molar-refractivity contribution in [2.24, 2.45) is 4.99 Å². The van der Waals surface area contributed by atoms with Gasteiger partial charge in [-0.3, -0.25) is 4.99 Å². The highest BCUT2D eigenvalue weighted by molar-refractivity contribution is 7.09. The first kappa shape index (κ1) is 16.7. The zero-order valence-electron chi connectivity index (χ0n) is 13.9. The Morgan fingerprint density at radius 1 is 1.39 bits per heavy atom. The van der Waals surface area contributed by atoms with Gasteiger partial charge in [0, 0.05) is 44.1 Å². The lowest BCUT2D eigenvalue weighted by Crippen LogP contribution is -2.53. The fourth-order valence-corrected chi connectivity index (χ4v) is 3.84. The highest BCUT2D eigenvalue weighted by atomic mass is 32.1. The number of nitrogens with one attached hydrogen (secondary N) is 1. The van der Waals surface area contributed by atoms with E-state index in [9.17, 15) is 0 Å². The molecule has 0 bridgehead atoms. The maximum absolute atomic E-state index is 5.94. The Morgan fingerprint density at radius 2 is 2.30 bits per heavy atom. The van der Waals surface area contributed by atoms with E-state index >= 15 is 0 Å². The topological polar surface area (TPSA) is 46.1 Å². The van der Waals surface area contributed by atoms with E-state index in [0.29, 0.717) is 0 Å². The molecule has 5 nitrogen and oxygen atoms in total. The van der Waals surface area contributed by atoms with Gasteiger partial charge in [0.15, 0.2) is 5.96 Å². The van der Waals surface area contributed by atoms with Gasteiger partial charge in [-0.1, -0.05) is 6.07 Å². The van der Waals surface area contributed by atoms with Crippen molar-refractivity contribution >= 4 is 17.3 Å². The van der Waals surface area contributed by atoms with Gasteiger partial charge < -0.3 is 19.7 Å². The van der Waals surface area contributed by atoms with Gasteiger partial charge >= 0.3 is 0 Å². The van der Waals surface area contributed by atoms with E-state index in [1.807, 2.05) is 0 Å². The van der Waals surface area contributed by atoms with Crippen molar-refractivity contribution in [2.45, 2.75) is 38.4 Å². The third-order valence-electron chi connectivity index (χ3n) is 4.31. The molecule has 2 unspecified atom stereocenters. The Balaban J connectivity index is 1.57. The van der Waals surface area contributed by atoms with Crippen molar-refractivity contribution in [3.05, 3.63) is 22.4 Å². The van der Waals surface area contributed by atoms with Crippen molar-refractivity contribution in [1.29, 1.82) is 0 Å². The fourth-order valence-electron chi connectivity index (χ4n) is 3.14. The summed E-state index contributed by atoms with van der Waals surface area (Å²) in [6.45, 7) is 7.22. The molecule has 1 N–H and O–H groups in total. The summed E-state index contributed by atoms with van der Waals surface area (Å²) >= 11 is 1.80. The third-order valence-corrected chi connectivity index (χ3v) is 5.24. The summed E-state index contributed by atoms with van der Waals surface area (Å²) in [6.07, 6.45) is 3.70. The minimum absolute atomic E-state index is 0.174. The summed E-state index contributed by atoms with van der Waals surface area (Å²) in [5, 5.41) is 5.55. The van der Waals surface area contributed by atoms with Crippen LogP contribution >= 0.6 is 11.3 Å². The summed E-state index contributed by atoms with van der Waals surface area (Å²) in [5.41, 5.74) is 0. The molecule has 128 valence electrons. The Labute approximate surface area is 142 Å². The molecule has 23 heavy (non-hydrogen) atoms. The number of thiophene rings is 1. The summed E-state index contributed by atoms with van der Waals surface area (Å²) < 4.78 is 11.7. The lowest BCUT2D eigenvalue weighted by atomic mass is 10.1. The smallest absolute Gasteiger partial charge is 0.194 e. The lowest BCUT2D eigenvalue weighted by molar-refractivity contribution is -0.0817. The number of hydrogen-bond donors (Lipinski definition) is 1. The summed E-state index contributed by atoms with van der Waals surface area (Å²) in [6, 6.07) is 4.28. The van der Waals surface area contributed by atoms with Crippen LogP contribution in [0.3, 0.4) is 0 Å². The maximum atomic E-state index is 5.94. The van der Waals surface area contributed by atoms with Crippen LogP contribution in [0.25, 0.3) is 0 Å². The predicted octanol–water partition coefficient (Wildman–Crippen LogP) is 2.14. The van der Waals surface area contributed by atoms with Gasteiger partial charge in [-0.25, -0.2) is 0 Å². The van der Waals surface area contributed by atoms with Gasteiger partial charge in [0.05, 0.1) is 12.7 Å². The van der Waals surface area contributed by atoms with Crippen LogP contribution in [-0.4, -0.2) is 62.5 Å². The first-order chi connectivity index (χ1) is 11.4. The predicted molar refractivity (Wildman–Crippen MR) is 94.3 cm³/mol. The van der Waals surface area contributed by atoms with Crippen molar-refractivity contribution in [1.82, 2.24) is 10.2 Å². The Morgan fingerprint density at radius 3 is 3.04 bits per heavy atom. The third kappa shape index (κ3) is 4.68. The molecule has 2 saturated heterocycles. The molecule has 6 heteroatoms. The van der Waals surface area contributed by atoms with Crippen LogP contribution in [0.5, 0.6) is 0 Å². The first-order valence-electron chi connectivity index (χ1n) is 8.65. The molecule has 0 amide bonds. The zero-order chi connectivity index (χ0) is 15.9. The second kappa shape index (κ2) is 8.66. The van der Waals surface area contributed by atoms with Gasteiger partial charge in [-0.05, 0) is 31.2 Å². The van der Waals surface area contributed by atoms with Gasteiger partial charge in [-0.2, -0.15) is 0 Å². The molecule has 3 heterocycles. The van der Waals surface area contributed by atoms with Crippen LogP contribution in [0.1, 0.15) is 24.6 Å². The molecule has 0 radical (unpaired) electrons. The molecule has 3 rings (SSSR count). The molecule has 2 fully saturated rings. The minimum atomic E-state index is 0.174. The molecule has 2 atom stereocenters. The number of morpholine rings is 1. The SMILES string of the molecule is CCNC(=NCCc1cccs1)N1CCOC(C2CCCO2)C1. The van der Waals surface area contributed by atoms with Crippen LogP contribution in [0.2, 0.25) is 0 Å². The van der Waals surface area contributed by atoms with Crippen molar-refractivity contribution in [3.63, 3.8) is 0 Å². The van der Waals surface area contributed by atoms with E-state index in [1.165, 1.54) is 4.88 Å². The normalized spacial score (nSPS) is 25.8. The molecular weight excluding hydrogens is 310 g/mol. The molecule has 2 aliphatic rings. The number of ether oxygens (including phenoxy) is 2. The van der Waals surface area contributed by atoms with E-state index in [2.05, 4.69) is 34.7 Å². The molecule has 0 aromatic carbocycles. The van der Waals surface area contributed by atoms with E-state index in [-0.39, 0.29) is 12.2 Å². The van der Waals surface area contributed by atoms with Crippen LogP contribution in [0, 0.1) is 0 Å². The highest BCUT2D eigenvalue weighted by Gasteiger charge is 2.32. The van der Waals surface area contributed by atoms with Gasteiger partial charge in [0.1, 0.15) is 6.10 Å². The number of rotatable bonds is 5. The number of nitrogens with zero attached hydrogens (tertiary/aromatic N) is 2. The van der Waals surface area contributed by atoms with E-state index < -0.39 is 0 Å². The van der Waals surface area contributed by atoms with Crippen LogP contribution in [0.15, 0.2) is 22.5 Å². The number of aliphatic imine (C=N–C) groups is 1. The second-order valence-electron chi connectivity index (χ2n) is 5.97. The van der Waals surface area contributed by atoms with Gasteiger partial charge in [0.25, 0.3) is 0 Å². The van der Waals surface area contributed by atoms with E-state index in [1.54, 1.807) is 11.3 Å². The number of guanidine groups is 1. The zero-order valence-corrected chi connectivity index (χ0v) is 14.7. The maximum Gasteiger partial charge on any atom is 0.194 e. The quantitative estimate of drug-likeness (QED) is 0.660. The van der Waals surface area contributed by atoms with E-state index in [4.69, 9.17) is 14.5 Å². The molecular formula is C17H27N3O2S. The minimum Gasteiger partial charge on any atom is -0.375 e. The van der Waals surface area contributed by atoms with Crippen molar-refractivity contribution < 1.29 is 9.47 Å². The van der Waals surface area contributed by atoms with Gasteiger partial charge in [-0.15, -0.1) is 11.3 Å². The molecule has 0 spiro atoms. The average molecular weight is 337 g/mol. The first-order valence-corrected chi connectivity index (χ1v) is 9.53. The van der Waals surface area contributed by atoms with E-state index in [0.717, 1.165) is 64.6 Å². The van der Waals surface area contributed by atoms with Crippen LogP contribution in [-0.2, 0) is 15.9 Å². The van der Waals surface area contributed by atoms with Crippen LogP contribution < -0.4 is 5.32 Å². The average Bonchev–Trinajstić information content (AvgIpc) is 3.28. The van der Waals surface area contributed by atoms with Crippen molar-refractivity contribution in [3.8, 4) is 0 Å². The molecule has 2 aliphatic heterocycles. The monoisotopic (exact) mass is 337 g/mol. The summed E-state index contributed by atoms with van der Waals surface area (Å²) in [4.78, 5) is 8.53. The molecule has 1 aromatic rings. The summed E-state index contributed by atoms with van der Waals surface area (Å²) in [5.74, 6) is 1.01. The Kier molecular flexibility index (Phi) is 6.30. The van der Waals surface area contributed by atoms with Crippen molar-refractivity contribution in [2.75, 3.05) is 39.4 Å². The second-order valence-corrected chi connectivity index (χ2v) is 7.00. The molecule has 1 aromatic heterocycles. The largest absolute Gasteiger partial charge is 0.375 e. The molecule has 0 aliphatic carbocycles. The Hall–Kier alpha value is -1.11. The fraction of sp³-hybridized carbons (Fsp3) is 0.706. The highest BCUT2D eigenvalue weighted by Crippen LogP contribution is 2.21. The van der Waals surface area contributed by atoms with Crippen LogP contribution in [0.4, 0.5) is 0 Å². The molecule has 0 saturated carbocycles. The summed E-state index contributed by atoms with van der Waals surface area (Å²) in [7, 11) is 0. The standard InChI is InChI=1S/C17H27N3O2S/c1-2-18-17(19-8-7-14-5-4-12-23-14)20-9-11-22-16(13-20)15-6-3-10-21-15/h4-5,12,15-16H,2-3,6-11,13H2,1H3,(H,18,19). The number of hydrogen-bond acceptors (Lipinski definition) is 4. The Bertz CT molecular complexity index is 486.